The smallest absolute Gasteiger partial charge is 0.271 e. The molecule has 2 aromatic carbocycles. The highest BCUT2D eigenvalue weighted by Crippen LogP contribution is 2.22. The van der Waals surface area contributed by atoms with Crippen molar-refractivity contribution in [3.8, 4) is 0 Å². The van der Waals surface area contributed by atoms with Crippen molar-refractivity contribution in [2.45, 2.75) is 0 Å². The summed E-state index contributed by atoms with van der Waals surface area (Å²) in [5.74, 6) is -0.552. The number of nitrogens with zero attached hydrogens (tertiary/aromatic N) is 1. The van der Waals surface area contributed by atoms with Gasteiger partial charge in [-0.25, -0.2) is 0 Å². The first kappa shape index (κ1) is 14.7. The van der Waals surface area contributed by atoms with E-state index in [0.717, 1.165) is 12.1 Å². The normalized spacial score (nSPS) is 9.95. The van der Waals surface area contributed by atoms with E-state index in [9.17, 15) is 19.7 Å². The van der Waals surface area contributed by atoms with Crippen LogP contribution < -0.4 is 5.32 Å². The second-order valence-electron chi connectivity index (χ2n) is 4.15. The van der Waals surface area contributed by atoms with E-state index in [2.05, 4.69) is 5.32 Å². The number of aldehydes is 1. The predicted octanol–water partition coefficient (Wildman–Crippen LogP) is 3.31. The van der Waals surface area contributed by atoms with E-state index >= 15 is 0 Å². The third kappa shape index (κ3) is 3.64. The first-order chi connectivity index (χ1) is 9.99. The highest BCUT2D eigenvalue weighted by atomic mass is 35.5. The summed E-state index contributed by atoms with van der Waals surface area (Å²) in [6.07, 6.45) is 0.653. The predicted molar refractivity (Wildman–Crippen MR) is 77.9 cm³/mol. The molecule has 0 unspecified atom stereocenters. The third-order valence-electron chi connectivity index (χ3n) is 2.64. The Kier molecular flexibility index (Phi) is 4.30. The number of rotatable bonds is 4. The molecule has 0 fully saturated rings. The number of nitro benzene ring substituents is 1. The van der Waals surface area contributed by atoms with Crippen LogP contribution in [-0.2, 0) is 0 Å². The van der Waals surface area contributed by atoms with E-state index < -0.39 is 10.8 Å². The molecule has 0 aromatic heterocycles. The Bertz CT molecular complexity index is 731. The van der Waals surface area contributed by atoms with Crippen molar-refractivity contribution in [2.75, 3.05) is 5.32 Å². The first-order valence-electron chi connectivity index (χ1n) is 5.81. The number of non-ortho nitro benzene ring substituents is 1. The summed E-state index contributed by atoms with van der Waals surface area (Å²) in [7, 11) is 0. The van der Waals surface area contributed by atoms with E-state index in [1.165, 1.54) is 12.1 Å². The molecule has 0 bridgehead atoms. The van der Waals surface area contributed by atoms with Crippen molar-refractivity contribution < 1.29 is 14.5 Å². The van der Waals surface area contributed by atoms with Gasteiger partial charge in [0.25, 0.3) is 11.6 Å². The van der Waals surface area contributed by atoms with Crippen molar-refractivity contribution in [1.82, 2.24) is 0 Å². The number of carbonyl (C=O) groups is 2. The Hall–Kier alpha value is -2.73. The zero-order chi connectivity index (χ0) is 15.4. The van der Waals surface area contributed by atoms with Gasteiger partial charge < -0.3 is 5.32 Å². The minimum atomic E-state index is -0.629. The Morgan fingerprint density at radius 2 is 2.00 bits per heavy atom. The molecule has 0 aliphatic heterocycles. The van der Waals surface area contributed by atoms with Gasteiger partial charge in [0.1, 0.15) is 6.29 Å². The Labute approximate surface area is 124 Å². The fourth-order valence-corrected chi connectivity index (χ4v) is 1.93. The average Bonchev–Trinajstić information content (AvgIpc) is 2.46. The molecule has 1 N–H and O–H groups in total. The largest absolute Gasteiger partial charge is 0.322 e. The minimum Gasteiger partial charge on any atom is -0.322 e. The number of hydrogen-bond acceptors (Lipinski definition) is 4. The zero-order valence-corrected chi connectivity index (χ0v) is 11.3. The van der Waals surface area contributed by atoms with E-state index in [-0.39, 0.29) is 16.3 Å². The molecule has 6 nitrogen and oxygen atoms in total. The highest BCUT2D eigenvalue weighted by molar-refractivity contribution is 6.31. The number of anilines is 1. The van der Waals surface area contributed by atoms with Gasteiger partial charge in [-0.1, -0.05) is 23.7 Å². The molecule has 0 aliphatic carbocycles. The lowest BCUT2D eigenvalue weighted by Gasteiger charge is -2.06. The van der Waals surface area contributed by atoms with Crippen LogP contribution in [0.3, 0.4) is 0 Å². The molecule has 0 spiro atoms. The summed E-state index contributed by atoms with van der Waals surface area (Å²) in [6.45, 7) is 0. The number of amides is 1. The van der Waals surface area contributed by atoms with E-state index in [0.29, 0.717) is 17.5 Å². The molecule has 0 saturated carbocycles. The van der Waals surface area contributed by atoms with Gasteiger partial charge in [-0.2, -0.15) is 0 Å². The highest BCUT2D eigenvalue weighted by Gasteiger charge is 2.14. The lowest BCUT2D eigenvalue weighted by Crippen LogP contribution is -2.12. The number of halogens is 1. The Morgan fingerprint density at radius 3 is 2.67 bits per heavy atom. The topological polar surface area (TPSA) is 89.3 Å². The van der Waals surface area contributed by atoms with Crippen LogP contribution in [0.15, 0.2) is 42.5 Å². The van der Waals surface area contributed by atoms with Crippen LogP contribution in [0.4, 0.5) is 11.4 Å². The van der Waals surface area contributed by atoms with E-state index in [1.54, 1.807) is 18.2 Å². The van der Waals surface area contributed by atoms with Crippen molar-refractivity contribution in [3.05, 3.63) is 68.7 Å². The standard InChI is InChI=1S/C14H9ClN2O4/c15-11-5-10(6-13(7-11)17(20)21)14(19)16-12-3-1-2-9(4-12)8-18/h1-8H,(H,16,19). The molecular weight excluding hydrogens is 296 g/mol. The molecule has 2 aromatic rings. The zero-order valence-electron chi connectivity index (χ0n) is 10.6. The number of nitro groups is 1. The van der Waals surface area contributed by atoms with Gasteiger partial charge in [-0.05, 0) is 18.2 Å². The van der Waals surface area contributed by atoms with Crippen LogP contribution in [0.5, 0.6) is 0 Å². The van der Waals surface area contributed by atoms with Crippen molar-refractivity contribution in [2.24, 2.45) is 0 Å². The van der Waals surface area contributed by atoms with Gasteiger partial charge in [-0.3, -0.25) is 19.7 Å². The van der Waals surface area contributed by atoms with Crippen LogP contribution in [0.2, 0.25) is 5.02 Å². The lowest BCUT2D eigenvalue weighted by atomic mass is 10.1. The molecular formula is C14H9ClN2O4. The van der Waals surface area contributed by atoms with Gasteiger partial charge in [0, 0.05) is 34.0 Å². The van der Waals surface area contributed by atoms with E-state index in [4.69, 9.17) is 11.6 Å². The first-order valence-corrected chi connectivity index (χ1v) is 6.19. The second kappa shape index (κ2) is 6.15. The molecule has 106 valence electrons. The maximum atomic E-state index is 12.1. The Balaban J connectivity index is 2.27. The maximum Gasteiger partial charge on any atom is 0.271 e. The molecule has 0 aliphatic rings. The van der Waals surface area contributed by atoms with Crippen LogP contribution >= 0.6 is 11.6 Å². The quantitative estimate of drug-likeness (QED) is 0.533. The molecule has 0 radical (unpaired) electrons. The van der Waals surface area contributed by atoms with Crippen LogP contribution in [0, 0.1) is 10.1 Å². The van der Waals surface area contributed by atoms with Crippen LogP contribution in [-0.4, -0.2) is 17.1 Å². The number of nitrogens with one attached hydrogen (secondary N) is 1. The SMILES string of the molecule is O=Cc1cccc(NC(=O)c2cc(Cl)cc([N+](=O)[O-])c2)c1. The summed E-state index contributed by atoms with van der Waals surface area (Å²) >= 11 is 5.76. The molecule has 0 saturated heterocycles. The molecule has 0 heterocycles. The average molecular weight is 305 g/mol. The summed E-state index contributed by atoms with van der Waals surface area (Å²) in [5, 5.41) is 13.4. The molecule has 1 amide bonds. The van der Waals surface area contributed by atoms with Gasteiger partial charge in [0.15, 0.2) is 0 Å². The monoisotopic (exact) mass is 304 g/mol. The third-order valence-corrected chi connectivity index (χ3v) is 2.85. The molecule has 7 heteroatoms. The fourth-order valence-electron chi connectivity index (χ4n) is 1.70. The summed E-state index contributed by atoms with van der Waals surface area (Å²) < 4.78 is 0. The fraction of sp³-hybridized carbons (Fsp3) is 0. The van der Waals surface area contributed by atoms with Crippen molar-refractivity contribution in [1.29, 1.82) is 0 Å². The van der Waals surface area contributed by atoms with Crippen molar-refractivity contribution >= 4 is 35.2 Å². The number of benzene rings is 2. The van der Waals surface area contributed by atoms with Crippen LogP contribution in [0.1, 0.15) is 20.7 Å². The van der Waals surface area contributed by atoms with Crippen molar-refractivity contribution in [3.63, 3.8) is 0 Å². The molecule has 21 heavy (non-hydrogen) atoms. The minimum absolute atomic E-state index is 0.0608. The van der Waals surface area contributed by atoms with E-state index in [1.807, 2.05) is 0 Å². The summed E-state index contributed by atoms with van der Waals surface area (Å²) in [4.78, 5) is 32.9. The molecule has 2 rings (SSSR count). The molecule has 0 atom stereocenters. The maximum absolute atomic E-state index is 12.1. The van der Waals surface area contributed by atoms with Crippen LogP contribution in [0.25, 0.3) is 0 Å². The summed E-state index contributed by atoms with van der Waals surface area (Å²) in [6, 6.07) is 9.91. The number of hydrogen-bond donors (Lipinski definition) is 1. The van der Waals surface area contributed by atoms with Gasteiger partial charge in [0.2, 0.25) is 0 Å². The van der Waals surface area contributed by atoms with Gasteiger partial charge in [0.05, 0.1) is 4.92 Å². The summed E-state index contributed by atoms with van der Waals surface area (Å²) in [5.41, 5.74) is 0.608. The second-order valence-corrected chi connectivity index (χ2v) is 4.59. The van der Waals surface area contributed by atoms with Gasteiger partial charge >= 0.3 is 0 Å². The Morgan fingerprint density at radius 1 is 1.24 bits per heavy atom. The van der Waals surface area contributed by atoms with Gasteiger partial charge in [-0.15, -0.1) is 0 Å². The lowest BCUT2D eigenvalue weighted by molar-refractivity contribution is -0.384. The number of carbonyl (C=O) groups excluding carboxylic acids is 2.